The van der Waals surface area contributed by atoms with Crippen LogP contribution in [0.3, 0.4) is 0 Å². The van der Waals surface area contributed by atoms with Crippen molar-refractivity contribution in [3.63, 3.8) is 0 Å². The summed E-state index contributed by atoms with van der Waals surface area (Å²) in [5.41, 5.74) is 0.684. The Balaban J connectivity index is 0.00000208. The molecule has 3 rings (SSSR count). The number of aromatic nitrogens is 4. The second-order valence-electron chi connectivity index (χ2n) is 4.52. The normalized spacial score (nSPS) is 10.2. The van der Waals surface area contributed by atoms with Crippen molar-refractivity contribution in [2.24, 2.45) is 0 Å². The number of tetrazole rings is 1. The minimum absolute atomic E-state index is 0. The molecule has 0 aliphatic heterocycles. The third-order valence-electron chi connectivity index (χ3n) is 3.03. The first-order valence-corrected chi connectivity index (χ1v) is 7.54. The summed E-state index contributed by atoms with van der Waals surface area (Å²) >= 11 is 1.16. The van der Waals surface area contributed by atoms with Crippen LogP contribution in [0.1, 0.15) is 5.82 Å². The Hall–Kier alpha value is -1.94. The van der Waals surface area contributed by atoms with Crippen LogP contribution in [0, 0.1) is 10.1 Å². The number of hydrogen-bond acceptors (Lipinski definition) is 7. The molecule has 0 spiro atoms. The van der Waals surface area contributed by atoms with Gasteiger partial charge in [0.05, 0.1) is 16.4 Å². The van der Waals surface area contributed by atoms with Crippen LogP contribution < -0.4 is 34.7 Å². The van der Waals surface area contributed by atoms with Crippen molar-refractivity contribution in [1.29, 1.82) is 0 Å². The first kappa shape index (κ1) is 18.4. The molecule has 0 amide bonds. The molecule has 0 fully saturated rings. The molecule has 0 aliphatic carbocycles. The Labute approximate surface area is 163 Å². The average Bonchev–Trinajstić information content (AvgIpc) is 3.03. The topological polar surface area (TPSA) is 110 Å². The maximum absolute atomic E-state index is 11.8. The third-order valence-corrected chi connectivity index (χ3v) is 4.06. The smallest absolute Gasteiger partial charge is 0.872 e. The zero-order valence-electron chi connectivity index (χ0n) is 12.7. The molecule has 8 nitrogen and oxygen atoms in total. The Bertz CT molecular complexity index is 843. The first-order valence-electron chi connectivity index (χ1n) is 6.56. The molecule has 2 aromatic carbocycles. The summed E-state index contributed by atoms with van der Waals surface area (Å²) in [6.45, 7) is 0. The zero-order chi connectivity index (χ0) is 16.2. The maximum Gasteiger partial charge on any atom is 1.00 e. The van der Waals surface area contributed by atoms with Crippen molar-refractivity contribution in [3.8, 4) is 11.4 Å². The fourth-order valence-corrected chi connectivity index (χ4v) is 2.81. The molecule has 3 aromatic rings. The van der Waals surface area contributed by atoms with Crippen LogP contribution in [0.5, 0.6) is 5.75 Å². The fraction of sp³-hybridized carbons (Fsp3) is 0.0714. The minimum Gasteiger partial charge on any atom is -0.872 e. The van der Waals surface area contributed by atoms with E-state index in [2.05, 4.69) is 15.5 Å². The molecule has 0 saturated carbocycles. The predicted molar refractivity (Wildman–Crippen MR) is 81.3 cm³/mol. The van der Waals surface area contributed by atoms with Crippen molar-refractivity contribution in [2.75, 3.05) is 0 Å². The molecule has 10 heteroatoms. The molecule has 0 bridgehead atoms. The number of nitrogens with zero attached hydrogens (tertiary/aromatic N) is 5. The van der Waals surface area contributed by atoms with Crippen LogP contribution in [0.2, 0.25) is 0 Å². The molecule has 0 atom stereocenters. The summed E-state index contributed by atoms with van der Waals surface area (Å²) in [6, 6.07) is 13.0. The van der Waals surface area contributed by atoms with Gasteiger partial charge >= 0.3 is 29.6 Å². The van der Waals surface area contributed by atoms with Crippen LogP contribution in [0.4, 0.5) is 5.69 Å². The van der Waals surface area contributed by atoms with Gasteiger partial charge in [0.25, 0.3) is 5.69 Å². The van der Waals surface area contributed by atoms with Gasteiger partial charge in [0.15, 0.2) is 5.82 Å². The van der Waals surface area contributed by atoms with Crippen LogP contribution >= 0.6 is 11.8 Å². The molecule has 1 heterocycles. The molecular formula is C14H10N5NaO3S. The van der Waals surface area contributed by atoms with Crippen LogP contribution in [0.15, 0.2) is 53.4 Å². The Morgan fingerprint density at radius 1 is 1.17 bits per heavy atom. The van der Waals surface area contributed by atoms with Gasteiger partial charge in [0, 0.05) is 17.0 Å². The number of benzene rings is 2. The summed E-state index contributed by atoms with van der Waals surface area (Å²) in [7, 11) is 0. The molecule has 0 N–H and O–H groups in total. The van der Waals surface area contributed by atoms with E-state index in [9.17, 15) is 15.2 Å². The van der Waals surface area contributed by atoms with E-state index in [1.165, 1.54) is 18.2 Å². The zero-order valence-corrected chi connectivity index (χ0v) is 15.5. The monoisotopic (exact) mass is 351 g/mol. The number of rotatable bonds is 5. The largest absolute Gasteiger partial charge is 1.00 e. The fourth-order valence-electron chi connectivity index (χ4n) is 1.93. The van der Waals surface area contributed by atoms with Crippen molar-refractivity contribution in [2.45, 2.75) is 10.6 Å². The van der Waals surface area contributed by atoms with Crippen molar-refractivity contribution in [3.05, 3.63) is 64.5 Å². The Morgan fingerprint density at radius 3 is 2.62 bits per heavy atom. The molecule has 0 unspecified atom stereocenters. The summed E-state index contributed by atoms with van der Waals surface area (Å²) in [6.07, 6.45) is 0. The number of thioether (sulfide) groups is 1. The SMILES string of the molecule is O=[N+]([O-])c1ccc([O-])c(SCc2nnnn2-c2ccccc2)c1.[Na+]. The second-order valence-corrected chi connectivity index (χ2v) is 5.54. The van der Waals surface area contributed by atoms with E-state index in [1.54, 1.807) is 4.68 Å². The van der Waals surface area contributed by atoms with Gasteiger partial charge < -0.3 is 5.11 Å². The molecule has 116 valence electrons. The molecule has 1 aromatic heterocycles. The van der Waals surface area contributed by atoms with Crippen molar-refractivity contribution >= 4 is 17.4 Å². The molecule has 24 heavy (non-hydrogen) atoms. The van der Waals surface area contributed by atoms with E-state index >= 15 is 0 Å². The first-order chi connectivity index (χ1) is 11.1. The van der Waals surface area contributed by atoms with Gasteiger partial charge in [0.1, 0.15) is 0 Å². The summed E-state index contributed by atoms with van der Waals surface area (Å²) in [5, 5.41) is 34.1. The van der Waals surface area contributed by atoms with Gasteiger partial charge in [-0.25, -0.2) is 0 Å². The van der Waals surface area contributed by atoms with E-state index in [0.29, 0.717) is 16.5 Å². The van der Waals surface area contributed by atoms with Gasteiger partial charge in [0.2, 0.25) is 0 Å². The summed E-state index contributed by atoms with van der Waals surface area (Å²) < 4.78 is 1.56. The van der Waals surface area contributed by atoms with Gasteiger partial charge in [-0.05, 0) is 22.6 Å². The molecule has 0 radical (unpaired) electrons. The third kappa shape index (κ3) is 4.12. The van der Waals surface area contributed by atoms with E-state index in [4.69, 9.17) is 0 Å². The van der Waals surface area contributed by atoms with E-state index in [0.717, 1.165) is 17.4 Å². The van der Waals surface area contributed by atoms with Gasteiger partial charge in [-0.15, -0.1) is 16.9 Å². The van der Waals surface area contributed by atoms with E-state index in [1.807, 2.05) is 30.3 Å². The number of nitro benzene ring substituents is 1. The maximum atomic E-state index is 11.8. The Kier molecular flexibility index (Phi) is 6.32. The number of nitro groups is 1. The standard InChI is InChI=1S/C14H11N5O3S.Na/c20-12-7-6-11(19(21)22)8-13(12)23-9-14-15-16-17-18(14)10-4-2-1-3-5-10;/h1-8,20H,9H2;/q;+1/p-1. The number of hydrogen-bond donors (Lipinski definition) is 0. The second kappa shape index (κ2) is 8.25. The quantitative estimate of drug-likeness (QED) is 0.249. The van der Waals surface area contributed by atoms with Gasteiger partial charge in [-0.3, -0.25) is 10.1 Å². The summed E-state index contributed by atoms with van der Waals surface area (Å²) in [5.74, 6) is 0.602. The molecule has 0 saturated heterocycles. The van der Waals surface area contributed by atoms with Crippen molar-refractivity contribution in [1.82, 2.24) is 20.2 Å². The molecular weight excluding hydrogens is 341 g/mol. The van der Waals surface area contributed by atoms with Gasteiger partial charge in [-0.2, -0.15) is 4.68 Å². The van der Waals surface area contributed by atoms with Crippen LogP contribution in [0.25, 0.3) is 5.69 Å². The number of non-ortho nitro benzene ring substituents is 1. The van der Waals surface area contributed by atoms with E-state index in [-0.39, 0.29) is 41.0 Å². The predicted octanol–water partition coefficient (Wildman–Crippen LogP) is -1.06. The minimum atomic E-state index is -0.530. The average molecular weight is 351 g/mol. The van der Waals surface area contributed by atoms with Crippen LogP contribution in [-0.2, 0) is 5.75 Å². The molecule has 0 aliphatic rings. The number of para-hydroxylation sites is 1. The van der Waals surface area contributed by atoms with Crippen molar-refractivity contribution < 1.29 is 39.6 Å². The summed E-state index contributed by atoms with van der Waals surface area (Å²) in [4.78, 5) is 10.6. The van der Waals surface area contributed by atoms with Crippen LogP contribution in [-0.4, -0.2) is 25.1 Å². The Morgan fingerprint density at radius 2 is 1.92 bits per heavy atom. The van der Waals surface area contributed by atoms with E-state index < -0.39 is 4.92 Å². The van der Waals surface area contributed by atoms with Gasteiger partial charge in [-0.1, -0.05) is 30.0 Å².